The fourth-order valence-corrected chi connectivity index (χ4v) is 3.37. The lowest BCUT2D eigenvalue weighted by atomic mass is 9.81. The lowest BCUT2D eigenvalue weighted by molar-refractivity contribution is 0.0823. The fraction of sp³-hybridized carbons (Fsp3) is 0.529. The molecule has 1 aliphatic rings. The maximum absolute atomic E-state index is 12.7. The molecule has 3 rings (SSSR count). The Morgan fingerprint density at radius 1 is 1.33 bits per heavy atom. The lowest BCUT2D eigenvalue weighted by Crippen LogP contribution is -2.24. The Hall–Kier alpha value is -1.84. The molecule has 0 atom stereocenters. The molecule has 112 valence electrons. The number of carbonyl (C=O) groups excluding carboxylic acids is 1. The van der Waals surface area contributed by atoms with Gasteiger partial charge in [-0.25, -0.2) is 4.79 Å². The molecule has 0 spiro atoms. The van der Waals surface area contributed by atoms with E-state index >= 15 is 0 Å². The number of aryl methyl sites for hydroxylation is 1. The van der Waals surface area contributed by atoms with Gasteiger partial charge in [-0.15, -0.1) is 0 Å². The van der Waals surface area contributed by atoms with E-state index in [2.05, 4.69) is 0 Å². The summed E-state index contributed by atoms with van der Waals surface area (Å²) in [4.78, 5) is 24.5. The third kappa shape index (κ3) is 2.33. The van der Waals surface area contributed by atoms with Gasteiger partial charge < -0.3 is 4.42 Å². The number of hydrogen-bond donors (Lipinski definition) is 0. The number of ketones is 1. The summed E-state index contributed by atoms with van der Waals surface area (Å²) < 4.78 is 6.92. The summed E-state index contributed by atoms with van der Waals surface area (Å²) in [6, 6.07) is 5.39. The van der Waals surface area contributed by atoms with Crippen molar-refractivity contribution in [3.8, 4) is 0 Å². The summed E-state index contributed by atoms with van der Waals surface area (Å²) in [5, 5.41) is 0. The van der Waals surface area contributed by atoms with E-state index in [9.17, 15) is 9.59 Å². The van der Waals surface area contributed by atoms with Crippen LogP contribution < -0.4 is 5.76 Å². The largest absolute Gasteiger partial charge is 0.419 e. The van der Waals surface area contributed by atoms with Crippen molar-refractivity contribution in [2.45, 2.75) is 52.5 Å². The number of oxazole rings is 1. The summed E-state index contributed by atoms with van der Waals surface area (Å²) in [5.41, 5.74) is 1.69. The monoisotopic (exact) mass is 287 g/mol. The van der Waals surface area contributed by atoms with Gasteiger partial charge in [0.25, 0.3) is 0 Å². The molecule has 0 radical (unpaired) electrons. The van der Waals surface area contributed by atoms with Crippen LogP contribution in [0, 0.1) is 5.41 Å². The van der Waals surface area contributed by atoms with Crippen LogP contribution in [0.5, 0.6) is 0 Å². The van der Waals surface area contributed by atoms with E-state index in [-0.39, 0.29) is 17.0 Å². The molecular weight excluding hydrogens is 266 g/mol. The Morgan fingerprint density at radius 3 is 2.71 bits per heavy atom. The first kappa shape index (κ1) is 14.1. The molecule has 1 aromatic heterocycles. The van der Waals surface area contributed by atoms with Crippen LogP contribution in [0.1, 0.15) is 56.3 Å². The molecule has 1 heterocycles. The van der Waals surface area contributed by atoms with Gasteiger partial charge in [-0.05, 0) is 37.5 Å². The molecule has 1 fully saturated rings. The summed E-state index contributed by atoms with van der Waals surface area (Å²) in [5.74, 6) is -0.170. The van der Waals surface area contributed by atoms with Crippen molar-refractivity contribution >= 4 is 16.9 Å². The van der Waals surface area contributed by atoms with Crippen molar-refractivity contribution in [2.24, 2.45) is 5.41 Å². The van der Waals surface area contributed by atoms with E-state index in [0.29, 0.717) is 17.7 Å². The van der Waals surface area contributed by atoms with E-state index in [1.165, 1.54) is 0 Å². The molecule has 1 aromatic carbocycles. The molecule has 0 N–H and O–H groups in total. The average Bonchev–Trinajstić information content (AvgIpc) is 3.04. The van der Waals surface area contributed by atoms with Crippen LogP contribution in [0.25, 0.3) is 11.1 Å². The van der Waals surface area contributed by atoms with E-state index in [1.54, 1.807) is 10.6 Å². The van der Waals surface area contributed by atoms with Crippen LogP contribution in [0.3, 0.4) is 0 Å². The zero-order valence-corrected chi connectivity index (χ0v) is 12.6. The predicted octanol–water partition coefficient (Wildman–Crippen LogP) is 3.77. The Labute approximate surface area is 123 Å². The predicted molar refractivity (Wildman–Crippen MR) is 81.7 cm³/mol. The number of hydrogen-bond acceptors (Lipinski definition) is 3. The minimum Gasteiger partial charge on any atom is -0.408 e. The maximum atomic E-state index is 12.7. The number of Topliss-reactive ketones (excluding diaryl/α,β-unsaturated/α-hetero) is 1. The second-order valence-electron chi connectivity index (χ2n) is 6.30. The lowest BCUT2D eigenvalue weighted by Gasteiger charge is -2.21. The second kappa shape index (κ2) is 5.17. The zero-order chi connectivity index (χ0) is 15.0. The van der Waals surface area contributed by atoms with E-state index < -0.39 is 0 Å². The zero-order valence-electron chi connectivity index (χ0n) is 12.6. The van der Waals surface area contributed by atoms with Crippen LogP contribution in [0.4, 0.5) is 0 Å². The van der Waals surface area contributed by atoms with Crippen molar-refractivity contribution in [3.63, 3.8) is 0 Å². The van der Waals surface area contributed by atoms with Gasteiger partial charge in [0, 0.05) is 17.5 Å². The average molecular weight is 287 g/mol. The number of aromatic nitrogens is 1. The first-order valence-electron chi connectivity index (χ1n) is 7.73. The van der Waals surface area contributed by atoms with Gasteiger partial charge in [-0.3, -0.25) is 9.36 Å². The van der Waals surface area contributed by atoms with Crippen molar-refractivity contribution < 1.29 is 9.21 Å². The number of benzene rings is 1. The number of fused-ring (bicyclic) bond motifs is 1. The Balaban J connectivity index is 2.02. The SMILES string of the molecule is CCCn1c(=O)oc2cc(C(=O)C3(C)CCCC3)ccc21. The Morgan fingerprint density at radius 2 is 2.05 bits per heavy atom. The van der Waals surface area contributed by atoms with Crippen LogP contribution >= 0.6 is 0 Å². The molecule has 0 saturated heterocycles. The minimum atomic E-state index is -0.344. The third-order valence-electron chi connectivity index (χ3n) is 4.63. The fourth-order valence-electron chi connectivity index (χ4n) is 3.37. The first-order valence-corrected chi connectivity index (χ1v) is 7.73. The highest BCUT2D eigenvalue weighted by molar-refractivity contribution is 6.02. The van der Waals surface area contributed by atoms with Crippen molar-refractivity contribution in [3.05, 3.63) is 34.3 Å². The number of carbonyl (C=O) groups is 1. The van der Waals surface area contributed by atoms with Gasteiger partial charge >= 0.3 is 5.76 Å². The Bertz CT molecular complexity index is 732. The first-order chi connectivity index (χ1) is 10.0. The summed E-state index contributed by atoms with van der Waals surface area (Å²) in [7, 11) is 0. The molecule has 0 amide bonds. The van der Waals surface area contributed by atoms with E-state index in [1.807, 2.05) is 26.0 Å². The summed E-state index contributed by atoms with van der Waals surface area (Å²) >= 11 is 0. The highest BCUT2D eigenvalue weighted by Gasteiger charge is 2.36. The number of nitrogens with zero attached hydrogens (tertiary/aromatic N) is 1. The van der Waals surface area contributed by atoms with Crippen molar-refractivity contribution in [1.82, 2.24) is 4.57 Å². The van der Waals surface area contributed by atoms with Crippen LogP contribution in [0.15, 0.2) is 27.4 Å². The van der Waals surface area contributed by atoms with Crippen LogP contribution in [0.2, 0.25) is 0 Å². The van der Waals surface area contributed by atoms with Crippen molar-refractivity contribution in [2.75, 3.05) is 0 Å². The molecule has 4 nitrogen and oxygen atoms in total. The summed E-state index contributed by atoms with van der Waals surface area (Å²) in [6.07, 6.45) is 5.00. The molecule has 21 heavy (non-hydrogen) atoms. The molecule has 0 aliphatic heterocycles. The standard InChI is InChI=1S/C17H21NO3/c1-3-10-18-13-7-6-12(11-14(13)21-16(18)20)15(19)17(2)8-4-5-9-17/h6-7,11H,3-5,8-10H2,1-2H3. The molecular formula is C17H21NO3. The van der Waals surface area contributed by atoms with Gasteiger partial charge in [-0.2, -0.15) is 0 Å². The highest BCUT2D eigenvalue weighted by Crippen LogP contribution is 2.40. The van der Waals surface area contributed by atoms with Gasteiger partial charge in [0.05, 0.1) is 5.52 Å². The maximum Gasteiger partial charge on any atom is 0.419 e. The minimum absolute atomic E-state index is 0.174. The molecule has 0 unspecified atom stereocenters. The van der Waals surface area contributed by atoms with Gasteiger partial charge in [0.2, 0.25) is 0 Å². The van der Waals surface area contributed by atoms with Gasteiger partial charge in [0.15, 0.2) is 11.4 Å². The third-order valence-corrected chi connectivity index (χ3v) is 4.63. The smallest absolute Gasteiger partial charge is 0.408 e. The topological polar surface area (TPSA) is 52.2 Å². The quantitative estimate of drug-likeness (QED) is 0.804. The molecule has 2 aromatic rings. The summed E-state index contributed by atoms with van der Waals surface area (Å²) in [6.45, 7) is 4.70. The second-order valence-corrected chi connectivity index (χ2v) is 6.30. The van der Waals surface area contributed by atoms with Gasteiger partial charge in [-0.1, -0.05) is 26.7 Å². The van der Waals surface area contributed by atoms with E-state index in [0.717, 1.165) is 37.6 Å². The molecule has 4 heteroatoms. The van der Waals surface area contributed by atoms with Crippen LogP contribution in [-0.2, 0) is 6.54 Å². The van der Waals surface area contributed by atoms with Crippen molar-refractivity contribution in [1.29, 1.82) is 0 Å². The normalized spacial score (nSPS) is 17.4. The van der Waals surface area contributed by atoms with Crippen LogP contribution in [-0.4, -0.2) is 10.4 Å². The molecule has 1 saturated carbocycles. The highest BCUT2D eigenvalue weighted by atomic mass is 16.4. The molecule has 0 bridgehead atoms. The molecule has 1 aliphatic carbocycles. The van der Waals surface area contributed by atoms with E-state index in [4.69, 9.17) is 4.42 Å². The number of rotatable bonds is 4. The Kier molecular flexibility index (Phi) is 3.47. The van der Waals surface area contributed by atoms with Gasteiger partial charge in [0.1, 0.15) is 0 Å².